The molecule has 2 aromatic rings. The number of nitrogen functional groups attached to an aromatic ring is 1. The van der Waals surface area contributed by atoms with Crippen molar-refractivity contribution >= 4 is 34.0 Å². The number of ketones is 1. The van der Waals surface area contributed by atoms with Gasteiger partial charge in [0.05, 0.1) is 6.26 Å². The van der Waals surface area contributed by atoms with Gasteiger partial charge in [0.1, 0.15) is 10.6 Å². The molecule has 2 N–H and O–H groups in total. The molecule has 3 rings (SSSR count). The van der Waals surface area contributed by atoms with Crippen molar-refractivity contribution in [1.29, 1.82) is 0 Å². The van der Waals surface area contributed by atoms with E-state index in [-0.39, 0.29) is 11.7 Å². The van der Waals surface area contributed by atoms with Crippen molar-refractivity contribution in [1.82, 2.24) is 4.98 Å². The Bertz CT molecular complexity index is 571. The predicted octanol–water partition coefficient (Wildman–Crippen LogP) is 3.31. The van der Waals surface area contributed by atoms with Crippen LogP contribution in [0.1, 0.15) is 22.5 Å². The van der Waals surface area contributed by atoms with E-state index in [4.69, 9.17) is 10.2 Å². The highest BCUT2D eigenvalue weighted by molar-refractivity contribution is 7.99. The van der Waals surface area contributed by atoms with E-state index in [0.29, 0.717) is 21.5 Å². The van der Waals surface area contributed by atoms with E-state index in [2.05, 4.69) is 4.98 Å². The van der Waals surface area contributed by atoms with E-state index in [1.807, 2.05) is 17.8 Å². The smallest absolute Gasteiger partial charge is 0.181 e. The Hall–Kier alpha value is -1.27. The molecular weight excluding hydrogens is 280 g/mol. The second-order valence-electron chi connectivity index (χ2n) is 4.46. The third-order valence-electron chi connectivity index (χ3n) is 3.21. The Morgan fingerprint density at radius 2 is 2.21 bits per heavy atom. The van der Waals surface area contributed by atoms with Crippen molar-refractivity contribution in [3.8, 4) is 11.5 Å². The topological polar surface area (TPSA) is 69.1 Å². The number of hydrogen-bond acceptors (Lipinski definition) is 6. The first-order valence-electron chi connectivity index (χ1n) is 6.18. The van der Waals surface area contributed by atoms with Crippen LogP contribution < -0.4 is 5.73 Å². The summed E-state index contributed by atoms with van der Waals surface area (Å²) in [6.07, 6.45) is 3.47. The van der Waals surface area contributed by atoms with Gasteiger partial charge < -0.3 is 10.2 Å². The lowest BCUT2D eigenvalue weighted by molar-refractivity contribution is 0.0917. The summed E-state index contributed by atoms with van der Waals surface area (Å²) in [5, 5.41) is 0.417. The Morgan fingerprint density at radius 1 is 1.42 bits per heavy atom. The number of rotatable bonds is 3. The number of aromatic nitrogens is 1. The van der Waals surface area contributed by atoms with Crippen molar-refractivity contribution in [2.45, 2.75) is 12.8 Å². The fourth-order valence-corrected chi connectivity index (χ4v) is 4.19. The minimum atomic E-state index is 0.106. The molecule has 6 heteroatoms. The molecule has 0 saturated carbocycles. The molecule has 2 aromatic heterocycles. The Labute approximate surface area is 119 Å². The standard InChI is InChI=1S/C13H14N2O2S2/c14-13-15-10(9-2-1-5-17-9)12(19-13)11(16)8-3-6-18-7-4-8/h1-2,5,8H,3-4,6-7H2,(H2,14,15). The number of thiazole rings is 1. The maximum absolute atomic E-state index is 12.6. The summed E-state index contributed by atoms with van der Waals surface area (Å²) in [6, 6.07) is 3.60. The fourth-order valence-electron chi connectivity index (χ4n) is 2.23. The van der Waals surface area contributed by atoms with Crippen molar-refractivity contribution in [3.63, 3.8) is 0 Å². The quantitative estimate of drug-likeness (QED) is 0.879. The summed E-state index contributed by atoms with van der Waals surface area (Å²) < 4.78 is 5.34. The predicted molar refractivity (Wildman–Crippen MR) is 78.6 cm³/mol. The first-order chi connectivity index (χ1) is 9.25. The van der Waals surface area contributed by atoms with E-state index < -0.39 is 0 Å². The van der Waals surface area contributed by atoms with Gasteiger partial charge in [-0.2, -0.15) is 11.8 Å². The van der Waals surface area contributed by atoms with Gasteiger partial charge in [0.2, 0.25) is 0 Å². The number of nitrogens with two attached hydrogens (primary N) is 1. The zero-order valence-electron chi connectivity index (χ0n) is 10.3. The monoisotopic (exact) mass is 294 g/mol. The van der Waals surface area contributed by atoms with Crippen LogP contribution in [0.4, 0.5) is 5.13 Å². The molecule has 0 unspecified atom stereocenters. The maximum Gasteiger partial charge on any atom is 0.181 e. The lowest BCUT2D eigenvalue weighted by Crippen LogP contribution is -2.19. The van der Waals surface area contributed by atoms with Gasteiger partial charge in [-0.1, -0.05) is 11.3 Å². The summed E-state index contributed by atoms with van der Waals surface area (Å²) in [5.74, 6) is 3.00. The van der Waals surface area contributed by atoms with E-state index in [1.165, 1.54) is 11.3 Å². The van der Waals surface area contributed by atoms with Crippen LogP contribution in [0.25, 0.3) is 11.5 Å². The lowest BCUT2D eigenvalue weighted by Gasteiger charge is -2.19. The number of carbonyl (C=O) groups excluding carboxylic acids is 1. The van der Waals surface area contributed by atoms with Gasteiger partial charge in [-0.3, -0.25) is 4.79 Å². The summed E-state index contributed by atoms with van der Waals surface area (Å²) >= 11 is 3.18. The van der Waals surface area contributed by atoms with Gasteiger partial charge in [-0.25, -0.2) is 4.98 Å². The average Bonchev–Trinajstić information content (AvgIpc) is 3.07. The van der Waals surface area contributed by atoms with Crippen LogP contribution in [0, 0.1) is 5.92 Å². The molecule has 0 aliphatic carbocycles. The molecule has 100 valence electrons. The molecule has 1 saturated heterocycles. The van der Waals surface area contributed by atoms with Crippen LogP contribution in [0.15, 0.2) is 22.8 Å². The van der Waals surface area contributed by atoms with Gasteiger partial charge in [0, 0.05) is 5.92 Å². The van der Waals surface area contributed by atoms with Crippen molar-refractivity contribution < 1.29 is 9.21 Å². The summed E-state index contributed by atoms with van der Waals surface area (Å²) in [7, 11) is 0. The number of hydrogen-bond donors (Lipinski definition) is 1. The minimum absolute atomic E-state index is 0.106. The number of nitrogens with zero attached hydrogens (tertiary/aromatic N) is 1. The molecule has 0 spiro atoms. The molecule has 0 atom stereocenters. The Balaban J connectivity index is 1.93. The second-order valence-corrected chi connectivity index (χ2v) is 6.71. The first-order valence-corrected chi connectivity index (χ1v) is 8.15. The zero-order chi connectivity index (χ0) is 13.2. The Morgan fingerprint density at radius 3 is 2.89 bits per heavy atom. The summed E-state index contributed by atoms with van der Waals surface area (Å²) in [4.78, 5) is 17.5. The van der Waals surface area contributed by atoms with Gasteiger partial charge in [0.15, 0.2) is 16.7 Å². The van der Waals surface area contributed by atoms with Crippen LogP contribution in [0.5, 0.6) is 0 Å². The van der Waals surface area contributed by atoms with Crippen molar-refractivity contribution in [2.24, 2.45) is 5.92 Å². The fraction of sp³-hybridized carbons (Fsp3) is 0.385. The second kappa shape index (κ2) is 5.38. The normalized spacial score (nSPS) is 16.6. The number of anilines is 1. The van der Waals surface area contributed by atoms with Crippen LogP contribution in [-0.4, -0.2) is 22.3 Å². The average molecular weight is 294 g/mol. The van der Waals surface area contributed by atoms with Gasteiger partial charge in [-0.15, -0.1) is 0 Å². The van der Waals surface area contributed by atoms with Crippen molar-refractivity contribution in [3.05, 3.63) is 23.3 Å². The molecule has 0 amide bonds. The number of thioether (sulfide) groups is 1. The van der Waals surface area contributed by atoms with Gasteiger partial charge in [-0.05, 0) is 36.5 Å². The maximum atomic E-state index is 12.6. The molecule has 0 bridgehead atoms. The molecule has 0 radical (unpaired) electrons. The third-order valence-corrected chi connectivity index (χ3v) is 5.16. The van der Waals surface area contributed by atoms with Gasteiger partial charge >= 0.3 is 0 Å². The van der Waals surface area contributed by atoms with E-state index >= 15 is 0 Å². The SMILES string of the molecule is Nc1nc(-c2ccco2)c(C(=O)C2CCSCC2)s1. The third kappa shape index (κ3) is 2.55. The molecule has 1 aliphatic rings. The molecule has 0 aromatic carbocycles. The number of carbonyl (C=O) groups is 1. The largest absolute Gasteiger partial charge is 0.463 e. The first kappa shape index (κ1) is 12.7. The van der Waals surface area contributed by atoms with E-state index in [1.54, 1.807) is 12.3 Å². The van der Waals surface area contributed by atoms with Crippen molar-refractivity contribution in [2.75, 3.05) is 17.2 Å². The van der Waals surface area contributed by atoms with Crippen LogP contribution in [-0.2, 0) is 0 Å². The zero-order valence-corrected chi connectivity index (χ0v) is 11.9. The van der Waals surface area contributed by atoms with Gasteiger partial charge in [0.25, 0.3) is 0 Å². The van der Waals surface area contributed by atoms with Crippen LogP contribution in [0.3, 0.4) is 0 Å². The molecule has 1 fully saturated rings. The highest BCUT2D eigenvalue weighted by atomic mass is 32.2. The number of Topliss-reactive ketones (excluding diaryl/α,β-unsaturated/α-hetero) is 1. The van der Waals surface area contributed by atoms with E-state index in [9.17, 15) is 4.79 Å². The Kier molecular flexibility index (Phi) is 3.61. The minimum Gasteiger partial charge on any atom is -0.463 e. The summed E-state index contributed by atoms with van der Waals surface area (Å²) in [5.41, 5.74) is 6.36. The number of furan rings is 1. The lowest BCUT2D eigenvalue weighted by atomic mass is 9.95. The molecule has 4 nitrogen and oxygen atoms in total. The van der Waals surface area contributed by atoms with Crippen LogP contribution >= 0.6 is 23.1 Å². The molecule has 3 heterocycles. The molecule has 1 aliphatic heterocycles. The molecule has 19 heavy (non-hydrogen) atoms. The van der Waals surface area contributed by atoms with E-state index in [0.717, 1.165) is 24.3 Å². The highest BCUT2D eigenvalue weighted by Crippen LogP contribution is 2.34. The highest BCUT2D eigenvalue weighted by Gasteiger charge is 2.28. The van der Waals surface area contributed by atoms with Crippen LogP contribution in [0.2, 0.25) is 0 Å². The summed E-state index contributed by atoms with van der Waals surface area (Å²) in [6.45, 7) is 0. The molecular formula is C13H14N2O2S2.